The SMILES string of the molecule is C[C@H](COCC(Cc1ccc(O)cc1)NC(=O)CCc1ccccc1)OCCO. The normalized spacial score (nSPS) is 13.0. The van der Waals surface area contributed by atoms with Crippen molar-refractivity contribution in [3.05, 3.63) is 65.7 Å². The Morgan fingerprint density at radius 1 is 1.03 bits per heavy atom. The molecule has 6 heteroatoms. The number of ether oxygens (including phenoxy) is 2. The van der Waals surface area contributed by atoms with Crippen molar-refractivity contribution in [2.75, 3.05) is 26.4 Å². The number of aliphatic hydroxyl groups is 1. The topological polar surface area (TPSA) is 88.0 Å². The maximum Gasteiger partial charge on any atom is 0.220 e. The summed E-state index contributed by atoms with van der Waals surface area (Å²) in [6.07, 6.45) is 1.56. The highest BCUT2D eigenvalue weighted by Gasteiger charge is 2.15. The molecule has 2 aromatic rings. The third kappa shape index (κ3) is 9.56. The number of aromatic hydroxyl groups is 1. The Hall–Kier alpha value is -2.41. The van der Waals surface area contributed by atoms with E-state index in [1.54, 1.807) is 12.1 Å². The van der Waals surface area contributed by atoms with E-state index in [1.165, 1.54) is 0 Å². The number of rotatable bonds is 13. The molecule has 0 spiro atoms. The van der Waals surface area contributed by atoms with Gasteiger partial charge in [0.25, 0.3) is 0 Å². The van der Waals surface area contributed by atoms with Crippen molar-refractivity contribution in [2.24, 2.45) is 0 Å². The monoisotopic (exact) mass is 401 g/mol. The van der Waals surface area contributed by atoms with Crippen LogP contribution in [-0.2, 0) is 27.1 Å². The molecule has 0 radical (unpaired) electrons. The molecule has 29 heavy (non-hydrogen) atoms. The Kier molecular flexibility index (Phi) is 10.2. The molecule has 0 aliphatic carbocycles. The second-order valence-corrected chi connectivity index (χ2v) is 7.06. The number of hydrogen-bond donors (Lipinski definition) is 3. The predicted octanol–water partition coefficient (Wildman–Crippen LogP) is 2.47. The minimum absolute atomic E-state index is 0.0224. The molecule has 2 rings (SSSR count). The van der Waals surface area contributed by atoms with Crippen LogP contribution in [0.3, 0.4) is 0 Å². The fourth-order valence-electron chi connectivity index (χ4n) is 2.95. The number of aliphatic hydroxyl groups excluding tert-OH is 1. The number of benzene rings is 2. The Morgan fingerprint density at radius 2 is 1.76 bits per heavy atom. The zero-order valence-corrected chi connectivity index (χ0v) is 16.9. The molecule has 0 aliphatic heterocycles. The lowest BCUT2D eigenvalue weighted by Gasteiger charge is -2.21. The Balaban J connectivity index is 1.86. The molecule has 6 nitrogen and oxygen atoms in total. The van der Waals surface area contributed by atoms with E-state index >= 15 is 0 Å². The molecule has 0 saturated carbocycles. The third-order valence-electron chi connectivity index (χ3n) is 4.43. The molecule has 0 fully saturated rings. The fourth-order valence-corrected chi connectivity index (χ4v) is 2.95. The van der Waals surface area contributed by atoms with Gasteiger partial charge >= 0.3 is 0 Å². The molecule has 2 aromatic carbocycles. The average Bonchev–Trinajstić information content (AvgIpc) is 2.73. The van der Waals surface area contributed by atoms with Gasteiger partial charge in [-0.15, -0.1) is 0 Å². The van der Waals surface area contributed by atoms with E-state index in [-0.39, 0.29) is 37.0 Å². The second kappa shape index (κ2) is 12.9. The zero-order valence-electron chi connectivity index (χ0n) is 16.9. The molecular formula is C23H31NO5. The van der Waals surface area contributed by atoms with E-state index in [0.29, 0.717) is 32.5 Å². The van der Waals surface area contributed by atoms with Crippen LogP contribution >= 0.6 is 0 Å². The molecule has 158 valence electrons. The largest absolute Gasteiger partial charge is 0.508 e. The van der Waals surface area contributed by atoms with Crippen molar-refractivity contribution in [1.29, 1.82) is 0 Å². The first kappa shape index (κ1) is 22.9. The number of carbonyl (C=O) groups excluding carboxylic acids is 1. The number of amides is 1. The molecule has 1 unspecified atom stereocenters. The van der Waals surface area contributed by atoms with Crippen molar-refractivity contribution in [2.45, 2.75) is 38.3 Å². The average molecular weight is 402 g/mol. The highest BCUT2D eigenvalue weighted by molar-refractivity contribution is 5.76. The van der Waals surface area contributed by atoms with E-state index in [0.717, 1.165) is 11.1 Å². The Morgan fingerprint density at radius 3 is 2.45 bits per heavy atom. The molecule has 2 atom stereocenters. The van der Waals surface area contributed by atoms with Crippen molar-refractivity contribution in [1.82, 2.24) is 5.32 Å². The minimum atomic E-state index is -0.187. The Bertz CT molecular complexity index is 705. The van der Waals surface area contributed by atoms with Gasteiger partial charge in [-0.05, 0) is 43.0 Å². The Labute approximate surface area is 172 Å². The van der Waals surface area contributed by atoms with Crippen LogP contribution in [0, 0.1) is 0 Å². The molecule has 0 bridgehead atoms. The third-order valence-corrected chi connectivity index (χ3v) is 4.43. The van der Waals surface area contributed by atoms with Crippen molar-refractivity contribution >= 4 is 5.91 Å². The van der Waals surface area contributed by atoms with E-state index in [4.69, 9.17) is 14.6 Å². The van der Waals surface area contributed by atoms with Gasteiger partial charge in [0.05, 0.1) is 38.6 Å². The maximum absolute atomic E-state index is 12.5. The lowest BCUT2D eigenvalue weighted by molar-refractivity contribution is -0.122. The lowest BCUT2D eigenvalue weighted by atomic mass is 10.1. The molecule has 1 amide bonds. The molecular weight excluding hydrogens is 370 g/mol. The van der Waals surface area contributed by atoms with Crippen LogP contribution in [0.1, 0.15) is 24.5 Å². The van der Waals surface area contributed by atoms with Gasteiger partial charge in [-0.1, -0.05) is 42.5 Å². The quantitative estimate of drug-likeness (QED) is 0.480. The van der Waals surface area contributed by atoms with Crippen LogP contribution in [0.5, 0.6) is 5.75 Å². The summed E-state index contributed by atoms with van der Waals surface area (Å²) in [6, 6.07) is 16.7. The summed E-state index contributed by atoms with van der Waals surface area (Å²) in [5.41, 5.74) is 2.13. The standard InChI is InChI=1S/C23H31NO5/c1-18(29-14-13-25)16-28-17-21(15-20-7-10-22(26)11-8-20)24-23(27)12-9-19-5-3-2-4-6-19/h2-8,10-11,18,21,25-26H,9,12-17H2,1H3,(H,24,27)/t18-,21?/m1/s1. The molecule has 0 heterocycles. The van der Waals surface area contributed by atoms with E-state index in [9.17, 15) is 9.90 Å². The van der Waals surface area contributed by atoms with Crippen molar-refractivity contribution < 1.29 is 24.5 Å². The number of aryl methyl sites for hydroxylation is 1. The van der Waals surface area contributed by atoms with Crippen LogP contribution in [0.25, 0.3) is 0 Å². The molecule has 0 saturated heterocycles. The summed E-state index contributed by atoms with van der Waals surface area (Å²) in [6.45, 7) is 2.86. The van der Waals surface area contributed by atoms with E-state index in [2.05, 4.69) is 5.32 Å². The van der Waals surface area contributed by atoms with Gasteiger partial charge in [0, 0.05) is 6.42 Å². The van der Waals surface area contributed by atoms with Crippen molar-refractivity contribution in [3.8, 4) is 5.75 Å². The number of hydrogen-bond acceptors (Lipinski definition) is 5. The zero-order chi connectivity index (χ0) is 20.9. The lowest BCUT2D eigenvalue weighted by Crippen LogP contribution is -2.40. The first-order valence-corrected chi connectivity index (χ1v) is 9.98. The fraction of sp³-hybridized carbons (Fsp3) is 0.435. The number of nitrogens with one attached hydrogen (secondary N) is 1. The van der Waals surface area contributed by atoms with Crippen molar-refractivity contribution in [3.63, 3.8) is 0 Å². The van der Waals surface area contributed by atoms with Crippen LogP contribution in [0.4, 0.5) is 0 Å². The summed E-state index contributed by atoms with van der Waals surface area (Å²) < 4.78 is 11.1. The molecule has 0 aromatic heterocycles. The highest BCUT2D eigenvalue weighted by Crippen LogP contribution is 2.12. The maximum atomic E-state index is 12.5. The molecule has 3 N–H and O–H groups in total. The minimum Gasteiger partial charge on any atom is -0.508 e. The van der Waals surface area contributed by atoms with Gasteiger partial charge in [0.2, 0.25) is 5.91 Å². The molecule has 0 aliphatic rings. The second-order valence-electron chi connectivity index (χ2n) is 7.06. The van der Waals surface area contributed by atoms with Crippen LogP contribution in [0.2, 0.25) is 0 Å². The van der Waals surface area contributed by atoms with Gasteiger partial charge in [0.15, 0.2) is 0 Å². The first-order valence-electron chi connectivity index (χ1n) is 9.98. The number of phenolic OH excluding ortho intramolecular Hbond substituents is 1. The van der Waals surface area contributed by atoms with Gasteiger partial charge in [-0.3, -0.25) is 4.79 Å². The summed E-state index contributed by atoms with van der Waals surface area (Å²) in [5, 5.41) is 21.3. The van der Waals surface area contributed by atoms with E-state index < -0.39 is 0 Å². The number of phenols is 1. The van der Waals surface area contributed by atoms with Gasteiger partial charge in [-0.25, -0.2) is 0 Å². The smallest absolute Gasteiger partial charge is 0.220 e. The summed E-state index contributed by atoms with van der Waals surface area (Å²) in [4.78, 5) is 12.5. The van der Waals surface area contributed by atoms with Crippen LogP contribution in [0.15, 0.2) is 54.6 Å². The van der Waals surface area contributed by atoms with Crippen LogP contribution in [-0.4, -0.2) is 54.7 Å². The predicted molar refractivity (Wildman–Crippen MR) is 112 cm³/mol. The highest BCUT2D eigenvalue weighted by atomic mass is 16.5. The summed E-state index contributed by atoms with van der Waals surface area (Å²) >= 11 is 0. The van der Waals surface area contributed by atoms with Crippen LogP contribution < -0.4 is 5.32 Å². The van der Waals surface area contributed by atoms with E-state index in [1.807, 2.05) is 49.4 Å². The van der Waals surface area contributed by atoms with Gasteiger partial charge in [-0.2, -0.15) is 0 Å². The summed E-state index contributed by atoms with van der Waals surface area (Å²) in [5.74, 6) is 0.189. The number of carbonyl (C=O) groups is 1. The van der Waals surface area contributed by atoms with Gasteiger partial charge < -0.3 is 25.0 Å². The first-order chi connectivity index (χ1) is 14.1. The summed E-state index contributed by atoms with van der Waals surface area (Å²) in [7, 11) is 0. The van der Waals surface area contributed by atoms with Gasteiger partial charge in [0.1, 0.15) is 5.75 Å².